The molecule has 8 rings (SSSR count). The summed E-state index contributed by atoms with van der Waals surface area (Å²) in [5, 5.41) is 2.60. The molecule has 2 N–H and O–H groups in total. The number of para-hydroxylation sites is 2. The van der Waals surface area contributed by atoms with Gasteiger partial charge in [0.05, 0.1) is 8.07 Å². The van der Waals surface area contributed by atoms with Gasteiger partial charge in [0.15, 0.2) is 0 Å². The zero-order valence-corrected chi connectivity index (χ0v) is 25.0. The summed E-state index contributed by atoms with van der Waals surface area (Å²) in [4.78, 5) is 7.08. The number of hydrogen-bond donors (Lipinski definition) is 2. The third-order valence-corrected chi connectivity index (χ3v) is 14.2. The maximum atomic E-state index is 3.54. The number of rotatable bonds is 4. The van der Waals surface area contributed by atoms with Crippen LogP contribution in [0.1, 0.15) is 47.2 Å². The van der Waals surface area contributed by atoms with Gasteiger partial charge in [-0.1, -0.05) is 109 Å². The lowest BCUT2D eigenvalue weighted by Crippen LogP contribution is -2.42. The molecule has 0 aliphatic heterocycles. The van der Waals surface area contributed by atoms with E-state index in [1.165, 1.54) is 77.5 Å². The molecule has 2 heterocycles. The second-order valence-corrected chi connectivity index (χ2v) is 17.4. The number of aromatic amines is 2. The number of benzene rings is 4. The molecule has 0 saturated carbocycles. The van der Waals surface area contributed by atoms with E-state index >= 15 is 0 Å². The van der Waals surface area contributed by atoms with Crippen LogP contribution in [-0.4, -0.2) is 18.0 Å². The molecule has 2 atom stereocenters. The first-order chi connectivity index (χ1) is 19.9. The zero-order chi connectivity index (χ0) is 27.9. The van der Waals surface area contributed by atoms with Crippen LogP contribution >= 0.6 is 0 Å². The standard InChI is InChI=1S/C38H34N2Si/c1-23-19-25-11-9-15-29(31-21-39-33-17-7-5-13-27(31)33)35(25)37(23)41(3,4)38-24(2)20-26-12-10-16-30(36(26)38)32-22-40-34-18-8-6-14-28(32)34/h5-22,37-40H,1-4H3. The lowest BCUT2D eigenvalue weighted by atomic mass is 9.95. The summed E-state index contributed by atoms with van der Waals surface area (Å²) in [7, 11) is -2.05. The Kier molecular flexibility index (Phi) is 5.26. The van der Waals surface area contributed by atoms with Gasteiger partial charge in [-0.2, -0.15) is 0 Å². The third-order valence-electron chi connectivity index (χ3n) is 9.78. The monoisotopic (exact) mass is 546 g/mol. The first-order valence-electron chi connectivity index (χ1n) is 14.7. The predicted molar refractivity (Wildman–Crippen MR) is 178 cm³/mol. The van der Waals surface area contributed by atoms with Crippen LogP contribution in [0.25, 0.3) is 56.2 Å². The van der Waals surface area contributed by atoms with Crippen LogP contribution in [0, 0.1) is 0 Å². The molecule has 0 radical (unpaired) electrons. The van der Waals surface area contributed by atoms with Crippen molar-refractivity contribution in [3.8, 4) is 22.3 Å². The largest absolute Gasteiger partial charge is 0.361 e. The van der Waals surface area contributed by atoms with Gasteiger partial charge in [-0.15, -0.1) is 0 Å². The summed E-state index contributed by atoms with van der Waals surface area (Å²) in [6, 6.07) is 31.2. The second kappa shape index (κ2) is 8.83. The summed E-state index contributed by atoms with van der Waals surface area (Å²) >= 11 is 0. The normalized spacial score (nSPS) is 18.0. The van der Waals surface area contributed by atoms with Crippen molar-refractivity contribution in [2.24, 2.45) is 0 Å². The molecule has 41 heavy (non-hydrogen) atoms. The highest BCUT2D eigenvalue weighted by Crippen LogP contribution is 2.56. The quantitative estimate of drug-likeness (QED) is 0.206. The number of H-pyrrole nitrogens is 2. The summed E-state index contributed by atoms with van der Waals surface area (Å²) in [6.45, 7) is 10.0. The maximum absolute atomic E-state index is 3.54. The molecule has 0 saturated heterocycles. The van der Waals surface area contributed by atoms with Crippen molar-refractivity contribution < 1.29 is 0 Å². The number of fused-ring (bicyclic) bond motifs is 4. The number of nitrogens with one attached hydrogen (secondary N) is 2. The van der Waals surface area contributed by atoms with Gasteiger partial charge in [0.2, 0.25) is 0 Å². The van der Waals surface area contributed by atoms with Gasteiger partial charge >= 0.3 is 0 Å². The Bertz CT molecular complexity index is 1920. The van der Waals surface area contributed by atoms with E-state index in [1.807, 2.05) is 0 Å². The zero-order valence-electron chi connectivity index (χ0n) is 24.0. The first-order valence-corrected chi connectivity index (χ1v) is 17.8. The molecule has 200 valence electrons. The molecule has 2 aliphatic carbocycles. The van der Waals surface area contributed by atoms with Crippen LogP contribution in [0.5, 0.6) is 0 Å². The number of hydrogen-bond acceptors (Lipinski definition) is 0. The minimum atomic E-state index is -2.05. The Morgan fingerprint density at radius 1 is 0.512 bits per heavy atom. The van der Waals surface area contributed by atoms with Gasteiger partial charge in [-0.05, 0) is 59.4 Å². The van der Waals surface area contributed by atoms with Gasteiger partial charge in [-0.25, -0.2) is 0 Å². The molecule has 4 aromatic carbocycles. The lowest BCUT2D eigenvalue weighted by molar-refractivity contribution is 0.971. The number of aromatic nitrogens is 2. The fraction of sp³-hybridized carbons (Fsp3) is 0.158. The van der Waals surface area contributed by atoms with Crippen molar-refractivity contribution in [2.45, 2.75) is 38.0 Å². The Balaban J connectivity index is 1.31. The molecule has 0 spiro atoms. The van der Waals surface area contributed by atoms with Crippen LogP contribution in [0.4, 0.5) is 0 Å². The summed E-state index contributed by atoms with van der Waals surface area (Å²) < 4.78 is 0. The van der Waals surface area contributed by atoms with E-state index in [-0.39, 0.29) is 0 Å². The van der Waals surface area contributed by atoms with Crippen LogP contribution in [-0.2, 0) is 0 Å². The van der Waals surface area contributed by atoms with Crippen molar-refractivity contribution in [1.29, 1.82) is 0 Å². The van der Waals surface area contributed by atoms with E-state index in [0.29, 0.717) is 11.1 Å². The van der Waals surface area contributed by atoms with Gasteiger partial charge in [0.25, 0.3) is 0 Å². The van der Waals surface area contributed by atoms with E-state index in [1.54, 1.807) is 0 Å². The fourth-order valence-electron chi connectivity index (χ4n) is 8.32. The third kappa shape index (κ3) is 3.49. The second-order valence-electron chi connectivity index (χ2n) is 12.6. The summed E-state index contributed by atoms with van der Waals surface area (Å²) in [5.41, 5.74) is 17.5. The molecular formula is C38H34N2Si. The number of allylic oxidation sites excluding steroid dienone is 2. The van der Waals surface area contributed by atoms with Crippen molar-refractivity contribution in [3.05, 3.63) is 131 Å². The van der Waals surface area contributed by atoms with Crippen molar-refractivity contribution >= 4 is 42.0 Å². The van der Waals surface area contributed by atoms with E-state index < -0.39 is 8.07 Å². The molecular weight excluding hydrogens is 513 g/mol. The van der Waals surface area contributed by atoms with Gasteiger partial charge in [0, 0.05) is 56.4 Å². The molecule has 2 aromatic heterocycles. The van der Waals surface area contributed by atoms with E-state index in [2.05, 4.69) is 146 Å². The molecule has 6 aromatic rings. The van der Waals surface area contributed by atoms with Crippen LogP contribution in [0.2, 0.25) is 13.1 Å². The molecule has 0 fully saturated rings. The average molecular weight is 547 g/mol. The van der Waals surface area contributed by atoms with E-state index in [4.69, 9.17) is 0 Å². The van der Waals surface area contributed by atoms with Crippen molar-refractivity contribution in [2.75, 3.05) is 0 Å². The lowest BCUT2D eigenvalue weighted by Gasteiger charge is -2.40. The maximum Gasteiger partial charge on any atom is 0.0722 e. The molecule has 0 bridgehead atoms. The smallest absolute Gasteiger partial charge is 0.0722 e. The molecule has 2 unspecified atom stereocenters. The van der Waals surface area contributed by atoms with Crippen molar-refractivity contribution in [1.82, 2.24) is 9.97 Å². The van der Waals surface area contributed by atoms with Gasteiger partial charge in [-0.3, -0.25) is 0 Å². The predicted octanol–water partition coefficient (Wildman–Crippen LogP) is 10.5. The Labute approximate surface area is 242 Å². The summed E-state index contributed by atoms with van der Waals surface area (Å²) in [5.74, 6) is 0. The Hall–Kier alpha value is -4.34. The average Bonchev–Trinajstić information content (AvgIpc) is 3.74. The molecule has 2 nitrogen and oxygen atoms in total. The van der Waals surface area contributed by atoms with E-state index in [9.17, 15) is 0 Å². The van der Waals surface area contributed by atoms with Crippen LogP contribution < -0.4 is 0 Å². The Morgan fingerprint density at radius 3 is 1.41 bits per heavy atom. The molecule has 3 heteroatoms. The highest BCUT2D eigenvalue weighted by molar-refractivity contribution is 6.82. The minimum absolute atomic E-state index is 0.428. The summed E-state index contributed by atoms with van der Waals surface area (Å²) in [6.07, 6.45) is 9.36. The van der Waals surface area contributed by atoms with Crippen LogP contribution in [0.15, 0.2) is 108 Å². The van der Waals surface area contributed by atoms with Gasteiger partial charge < -0.3 is 9.97 Å². The highest BCUT2D eigenvalue weighted by atomic mass is 28.3. The minimum Gasteiger partial charge on any atom is -0.361 e. The molecule has 2 aliphatic rings. The van der Waals surface area contributed by atoms with Gasteiger partial charge in [0.1, 0.15) is 0 Å². The Morgan fingerprint density at radius 2 is 0.951 bits per heavy atom. The molecule has 0 amide bonds. The van der Waals surface area contributed by atoms with Crippen molar-refractivity contribution in [3.63, 3.8) is 0 Å². The van der Waals surface area contributed by atoms with E-state index in [0.717, 1.165) is 0 Å². The SMILES string of the molecule is CC1=Cc2cccc(-c3c[nH]c4ccccc34)c2C1[Si](C)(C)C1C(C)=Cc2cccc(-c3c[nH]c4ccccc34)c21. The topological polar surface area (TPSA) is 31.6 Å². The highest BCUT2D eigenvalue weighted by Gasteiger charge is 2.48. The fourth-order valence-corrected chi connectivity index (χ4v) is 13.3. The first kappa shape index (κ1) is 24.5. The van der Waals surface area contributed by atoms with Crippen LogP contribution in [0.3, 0.4) is 0 Å².